The van der Waals surface area contributed by atoms with Crippen molar-refractivity contribution in [2.75, 3.05) is 6.61 Å². The van der Waals surface area contributed by atoms with Crippen LogP contribution in [0.1, 0.15) is 18.4 Å². The number of halogens is 1. The van der Waals surface area contributed by atoms with E-state index < -0.39 is 5.60 Å². The molecule has 1 aliphatic rings. The number of carbonyl (C=O) groups is 1. The molecule has 0 amide bonds. The summed E-state index contributed by atoms with van der Waals surface area (Å²) in [4.78, 5) is 11.1. The van der Waals surface area contributed by atoms with E-state index in [2.05, 4.69) is 0 Å². The van der Waals surface area contributed by atoms with E-state index in [1.807, 2.05) is 0 Å². The van der Waals surface area contributed by atoms with Gasteiger partial charge in [0.05, 0.1) is 6.61 Å². The molecule has 1 N–H and O–H groups in total. The number of ether oxygens (including phenoxy) is 1. The summed E-state index contributed by atoms with van der Waals surface area (Å²) in [6.07, 6.45) is 0.868. The molecule has 0 saturated carbocycles. The average Bonchev–Trinajstić information content (AvgIpc) is 2.62. The second-order valence-corrected chi connectivity index (χ2v) is 4.07. The average molecular weight is 227 g/mol. The maximum Gasteiger partial charge on any atom is 0.306 e. The molecule has 1 saturated heterocycles. The molecule has 15 heavy (non-hydrogen) atoms. The Balaban J connectivity index is 2.34. The third-order valence-electron chi connectivity index (χ3n) is 2.67. The van der Waals surface area contributed by atoms with Gasteiger partial charge in [0.2, 0.25) is 0 Å². The zero-order valence-electron chi connectivity index (χ0n) is 8.07. The summed E-state index contributed by atoms with van der Waals surface area (Å²) in [7, 11) is 0. The maximum absolute atomic E-state index is 11.1. The van der Waals surface area contributed by atoms with Crippen molar-refractivity contribution in [1.29, 1.82) is 0 Å². The fourth-order valence-corrected chi connectivity index (χ4v) is 1.91. The van der Waals surface area contributed by atoms with Crippen LogP contribution < -0.4 is 0 Å². The van der Waals surface area contributed by atoms with Gasteiger partial charge in [-0.15, -0.1) is 0 Å². The highest BCUT2D eigenvalue weighted by Crippen LogP contribution is 2.36. The number of cyclic esters (lactones) is 1. The maximum atomic E-state index is 11.1. The molecule has 80 valence electrons. The number of rotatable bonds is 2. The Morgan fingerprint density at radius 1 is 1.40 bits per heavy atom. The van der Waals surface area contributed by atoms with Crippen LogP contribution in [0.5, 0.6) is 0 Å². The lowest BCUT2D eigenvalue weighted by atomic mass is 9.92. The Labute approximate surface area is 92.6 Å². The first-order valence-electron chi connectivity index (χ1n) is 4.75. The second kappa shape index (κ2) is 3.83. The molecule has 1 fully saturated rings. The molecule has 0 spiro atoms. The summed E-state index contributed by atoms with van der Waals surface area (Å²) in [5.74, 6) is -0.265. The molecule has 1 aromatic rings. The Bertz CT molecular complexity index is 374. The lowest BCUT2D eigenvalue weighted by Gasteiger charge is -2.25. The van der Waals surface area contributed by atoms with Gasteiger partial charge in [0.25, 0.3) is 0 Å². The number of benzene rings is 1. The van der Waals surface area contributed by atoms with Crippen LogP contribution in [0.2, 0.25) is 5.02 Å². The Morgan fingerprint density at radius 3 is 2.53 bits per heavy atom. The van der Waals surface area contributed by atoms with Gasteiger partial charge in [0.1, 0.15) is 0 Å². The fraction of sp³-hybridized carbons (Fsp3) is 0.364. The molecule has 0 bridgehead atoms. The fourth-order valence-electron chi connectivity index (χ4n) is 1.78. The van der Waals surface area contributed by atoms with Gasteiger partial charge in [0, 0.05) is 17.9 Å². The van der Waals surface area contributed by atoms with Gasteiger partial charge in [-0.05, 0) is 17.7 Å². The van der Waals surface area contributed by atoms with E-state index in [-0.39, 0.29) is 12.6 Å². The quantitative estimate of drug-likeness (QED) is 0.783. The number of aliphatic hydroxyl groups is 1. The van der Waals surface area contributed by atoms with Crippen LogP contribution in [0.15, 0.2) is 24.3 Å². The van der Waals surface area contributed by atoms with E-state index in [1.165, 1.54) is 0 Å². The summed E-state index contributed by atoms with van der Waals surface area (Å²) in [5, 5.41) is 9.97. The van der Waals surface area contributed by atoms with Gasteiger partial charge in [0.15, 0.2) is 5.60 Å². The normalized spacial score (nSPS) is 25.3. The highest BCUT2D eigenvalue weighted by atomic mass is 35.5. The molecule has 0 aromatic heterocycles. The molecule has 1 heterocycles. The van der Waals surface area contributed by atoms with Crippen LogP contribution in [0.3, 0.4) is 0 Å². The molecule has 3 nitrogen and oxygen atoms in total. The highest BCUT2D eigenvalue weighted by Gasteiger charge is 2.41. The molecule has 0 radical (unpaired) electrons. The summed E-state index contributed by atoms with van der Waals surface area (Å²) in [5.41, 5.74) is -0.0676. The molecule has 1 aromatic carbocycles. The largest absolute Gasteiger partial charge is 0.452 e. The molecule has 4 heteroatoms. The standard InChI is InChI=1S/C11H11ClO3/c12-9-3-1-8(2-4-9)11(7-13)6-5-10(14)15-11/h1-4,13H,5-7H2. The first kappa shape index (κ1) is 10.5. The second-order valence-electron chi connectivity index (χ2n) is 3.63. The van der Waals surface area contributed by atoms with Gasteiger partial charge in [-0.3, -0.25) is 4.79 Å². The number of hydrogen-bond acceptors (Lipinski definition) is 3. The lowest BCUT2D eigenvalue weighted by molar-refractivity contribution is -0.152. The topological polar surface area (TPSA) is 46.5 Å². The van der Waals surface area contributed by atoms with Gasteiger partial charge >= 0.3 is 5.97 Å². The zero-order chi connectivity index (χ0) is 10.9. The minimum atomic E-state index is -0.859. The molecule has 0 aliphatic carbocycles. The molecule has 1 atom stereocenters. The van der Waals surface area contributed by atoms with Crippen molar-refractivity contribution in [2.24, 2.45) is 0 Å². The predicted octanol–water partition coefficient (Wildman–Crippen LogP) is 1.86. The minimum Gasteiger partial charge on any atom is -0.452 e. The third-order valence-corrected chi connectivity index (χ3v) is 2.92. The number of hydrogen-bond donors (Lipinski definition) is 1. The Morgan fingerprint density at radius 2 is 2.07 bits per heavy atom. The van der Waals surface area contributed by atoms with E-state index in [9.17, 15) is 9.90 Å². The third kappa shape index (κ3) is 1.85. The summed E-state index contributed by atoms with van der Waals surface area (Å²) in [6.45, 7) is -0.194. The summed E-state index contributed by atoms with van der Waals surface area (Å²) in [6, 6.07) is 7.00. The highest BCUT2D eigenvalue weighted by molar-refractivity contribution is 6.30. The Hall–Kier alpha value is -1.06. The molecule has 1 unspecified atom stereocenters. The van der Waals surface area contributed by atoms with Gasteiger partial charge in [-0.2, -0.15) is 0 Å². The first-order chi connectivity index (χ1) is 7.16. The van der Waals surface area contributed by atoms with Crippen molar-refractivity contribution in [2.45, 2.75) is 18.4 Å². The number of carbonyl (C=O) groups excluding carboxylic acids is 1. The van der Waals surface area contributed by atoms with E-state index in [0.717, 1.165) is 5.56 Å². The smallest absolute Gasteiger partial charge is 0.306 e. The van der Waals surface area contributed by atoms with Crippen LogP contribution in [-0.4, -0.2) is 17.7 Å². The van der Waals surface area contributed by atoms with Gasteiger partial charge < -0.3 is 9.84 Å². The van der Waals surface area contributed by atoms with Crippen LogP contribution in [-0.2, 0) is 15.1 Å². The summed E-state index contributed by atoms with van der Waals surface area (Å²) >= 11 is 5.77. The van der Waals surface area contributed by atoms with E-state index >= 15 is 0 Å². The van der Waals surface area contributed by atoms with E-state index in [0.29, 0.717) is 17.9 Å². The van der Waals surface area contributed by atoms with Crippen molar-refractivity contribution in [3.8, 4) is 0 Å². The van der Waals surface area contributed by atoms with Crippen LogP contribution in [0.4, 0.5) is 0 Å². The van der Waals surface area contributed by atoms with E-state index in [4.69, 9.17) is 16.3 Å². The van der Waals surface area contributed by atoms with Crippen molar-refractivity contribution in [3.05, 3.63) is 34.9 Å². The molecule has 1 aliphatic heterocycles. The van der Waals surface area contributed by atoms with Crippen LogP contribution in [0.25, 0.3) is 0 Å². The monoisotopic (exact) mass is 226 g/mol. The zero-order valence-corrected chi connectivity index (χ0v) is 8.83. The first-order valence-corrected chi connectivity index (χ1v) is 5.13. The molecule has 2 rings (SSSR count). The lowest BCUT2D eigenvalue weighted by Crippen LogP contribution is -2.29. The van der Waals surface area contributed by atoms with Crippen LogP contribution in [0, 0.1) is 0 Å². The number of esters is 1. The van der Waals surface area contributed by atoms with Crippen molar-refractivity contribution >= 4 is 17.6 Å². The van der Waals surface area contributed by atoms with Crippen LogP contribution >= 0.6 is 11.6 Å². The SMILES string of the molecule is O=C1CCC(CO)(c2ccc(Cl)cc2)O1. The predicted molar refractivity (Wildman–Crippen MR) is 55.5 cm³/mol. The van der Waals surface area contributed by atoms with Gasteiger partial charge in [-0.25, -0.2) is 0 Å². The number of aliphatic hydroxyl groups excluding tert-OH is 1. The van der Waals surface area contributed by atoms with Crippen molar-refractivity contribution in [3.63, 3.8) is 0 Å². The summed E-state index contributed by atoms with van der Waals surface area (Å²) < 4.78 is 5.19. The van der Waals surface area contributed by atoms with Gasteiger partial charge in [-0.1, -0.05) is 23.7 Å². The van der Waals surface area contributed by atoms with Crippen molar-refractivity contribution < 1.29 is 14.6 Å². The minimum absolute atomic E-state index is 0.194. The Kier molecular flexibility index (Phi) is 2.67. The van der Waals surface area contributed by atoms with E-state index in [1.54, 1.807) is 24.3 Å². The molecular weight excluding hydrogens is 216 g/mol. The molecular formula is C11H11ClO3. The van der Waals surface area contributed by atoms with Crippen molar-refractivity contribution in [1.82, 2.24) is 0 Å².